The molecule has 2 aromatic carbocycles. The minimum absolute atomic E-state index is 0.122. The average Bonchev–Trinajstić information content (AvgIpc) is 2.58. The van der Waals surface area contributed by atoms with E-state index >= 15 is 0 Å². The summed E-state index contributed by atoms with van der Waals surface area (Å²) in [7, 11) is 3.00. The van der Waals surface area contributed by atoms with Gasteiger partial charge in [-0.05, 0) is 25.1 Å². The Kier molecular flexibility index (Phi) is 5.19. The first kappa shape index (κ1) is 16.4. The first-order chi connectivity index (χ1) is 11.0. The van der Waals surface area contributed by atoms with E-state index in [9.17, 15) is 4.79 Å². The van der Waals surface area contributed by atoms with Gasteiger partial charge in [0, 0.05) is 11.6 Å². The highest BCUT2D eigenvalue weighted by atomic mass is 16.7. The van der Waals surface area contributed by atoms with E-state index in [4.69, 9.17) is 20.0 Å². The van der Waals surface area contributed by atoms with Gasteiger partial charge in [0.05, 0.1) is 19.8 Å². The molecule has 0 bridgehead atoms. The second-order valence-electron chi connectivity index (χ2n) is 4.83. The fourth-order valence-corrected chi connectivity index (χ4v) is 1.93. The highest BCUT2D eigenvalue weighted by Crippen LogP contribution is 2.23. The van der Waals surface area contributed by atoms with Crippen LogP contribution in [0.4, 0.5) is 0 Å². The number of nitrogens with two attached hydrogens (primary N) is 1. The van der Waals surface area contributed by atoms with Gasteiger partial charge in [-0.15, -0.1) is 0 Å². The molecule has 6 heteroatoms. The number of amidine groups is 1. The van der Waals surface area contributed by atoms with Gasteiger partial charge in [0.2, 0.25) is 0 Å². The molecule has 0 aromatic heterocycles. The normalized spacial score (nSPS) is 11.0. The summed E-state index contributed by atoms with van der Waals surface area (Å²) < 4.78 is 10.2. The summed E-state index contributed by atoms with van der Waals surface area (Å²) >= 11 is 0. The third-order valence-corrected chi connectivity index (χ3v) is 3.13. The van der Waals surface area contributed by atoms with Crippen molar-refractivity contribution in [3.63, 3.8) is 0 Å². The number of benzene rings is 2. The molecule has 0 radical (unpaired) electrons. The van der Waals surface area contributed by atoms with Crippen molar-refractivity contribution in [3.05, 3.63) is 59.2 Å². The van der Waals surface area contributed by atoms with Crippen LogP contribution in [0, 0.1) is 6.92 Å². The molecule has 23 heavy (non-hydrogen) atoms. The lowest BCUT2D eigenvalue weighted by Crippen LogP contribution is -2.15. The lowest BCUT2D eigenvalue weighted by molar-refractivity contribution is 0.0515. The van der Waals surface area contributed by atoms with Gasteiger partial charge in [0.1, 0.15) is 11.5 Å². The standard InChI is InChI=1S/C17H18N2O4/c1-11-5-4-6-12(7-11)16(18)19-23-17(20)13-8-14(21-2)10-15(9-13)22-3/h4-10H,1-3H3,(H2,18,19). The summed E-state index contributed by atoms with van der Waals surface area (Å²) in [4.78, 5) is 17.0. The zero-order valence-electron chi connectivity index (χ0n) is 13.2. The molecule has 0 spiro atoms. The van der Waals surface area contributed by atoms with Gasteiger partial charge in [-0.3, -0.25) is 0 Å². The summed E-state index contributed by atoms with van der Waals surface area (Å²) in [5.41, 5.74) is 7.79. The Morgan fingerprint density at radius 3 is 2.22 bits per heavy atom. The third-order valence-electron chi connectivity index (χ3n) is 3.13. The van der Waals surface area contributed by atoms with Gasteiger partial charge in [-0.1, -0.05) is 28.9 Å². The molecule has 2 rings (SSSR count). The zero-order chi connectivity index (χ0) is 16.8. The van der Waals surface area contributed by atoms with Gasteiger partial charge in [-0.25, -0.2) is 4.79 Å². The predicted molar refractivity (Wildman–Crippen MR) is 86.9 cm³/mol. The Labute approximate surface area is 134 Å². The van der Waals surface area contributed by atoms with E-state index in [0.717, 1.165) is 5.56 Å². The molecular formula is C17H18N2O4. The number of rotatable bonds is 5. The Bertz CT molecular complexity index is 719. The number of aryl methyl sites for hydroxylation is 1. The Balaban J connectivity index is 2.17. The summed E-state index contributed by atoms with van der Waals surface area (Å²) in [5.74, 6) is 0.425. The van der Waals surface area contributed by atoms with Crippen LogP contribution in [0.3, 0.4) is 0 Å². The van der Waals surface area contributed by atoms with Crippen molar-refractivity contribution < 1.29 is 19.1 Å². The zero-order valence-corrected chi connectivity index (χ0v) is 13.2. The summed E-state index contributed by atoms with van der Waals surface area (Å²) in [6.07, 6.45) is 0. The number of methoxy groups -OCH3 is 2. The highest BCUT2D eigenvalue weighted by Gasteiger charge is 2.12. The summed E-state index contributed by atoms with van der Waals surface area (Å²) in [6, 6.07) is 12.1. The SMILES string of the molecule is COc1cc(OC)cc(C(=O)O/N=C(\N)c2cccc(C)c2)c1. The lowest BCUT2D eigenvalue weighted by atomic mass is 10.1. The van der Waals surface area contributed by atoms with Crippen molar-refractivity contribution in [2.45, 2.75) is 6.92 Å². The number of hydrogen-bond acceptors (Lipinski definition) is 5. The fourth-order valence-electron chi connectivity index (χ4n) is 1.93. The van der Waals surface area contributed by atoms with E-state index in [2.05, 4.69) is 5.16 Å². The minimum Gasteiger partial charge on any atom is -0.497 e. The van der Waals surface area contributed by atoms with Gasteiger partial charge in [0.15, 0.2) is 5.84 Å². The number of carbonyl (C=O) groups excluding carboxylic acids is 1. The Morgan fingerprint density at radius 1 is 1.00 bits per heavy atom. The Morgan fingerprint density at radius 2 is 1.65 bits per heavy atom. The molecule has 0 saturated carbocycles. The van der Waals surface area contributed by atoms with Crippen molar-refractivity contribution in [3.8, 4) is 11.5 Å². The van der Waals surface area contributed by atoms with Crippen LogP contribution in [-0.2, 0) is 4.84 Å². The summed E-state index contributed by atoms with van der Waals surface area (Å²) in [6.45, 7) is 1.94. The number of oxime groups is 1. The number of carbonyl (C=O) groups is 1. The maximum Gasteiger partial charge on any atom is 0.366 e. The van der Waals surface area contributed by atoms with Crippen LogP contribution >= 0.6 is 0 Å². The van der Waals surface area contributed by atoms with Gasteiger partial charge in [-0.2, -0.15) is 0 Å². The van der Waals surface area contributed by atoms with Crippen molar-refractivity contribution in [1.29, 1.82) is 0 Å². The smallest absolute Gasteiger partial charge is 0.366 e. The number of ether oxygens (including phenoxy) is 2. The molecule has 0 fully saturated rings. The minimum atomic E-state index is -0.655. The van der Waals surface area contributed by atoms with Gasteiger partial charge < -0.3 is 20.0 Å². The van der Waals surface area contributed by atoms with Gasteiger partial charge >= 0.3 is 5.97 Å². The highest BCUT2D eigenvalue weighted by molar-refractivity contribution is 5.98. The monoisotopic (exact) mass is 314 g/mol. The van der Waals surface area contributed by atoms with E-state index in [1.54, 1.807) is 12.1 Å². The van der Waals surface area contributed by atoms with Crippen LogP contribution in [0.1, 0.15) is 21.5 Å². The van der Waals surface area contributed by atoms with E-state index in [0.29, 0.717) is 17.1 Å². The molecule has 2 aromatic rings. The molecule has 0 unspecified atom stereocenters. The van der Waals surface area contributed by atoms with Crippen molar-refractivity contribution in [2.75, 3.05) is 14.2 Å². The van der Waals surface area contributed by atoms with Crippen LogP contribution in [-0.4, -0.2) is 26.0 Å². The topological polar surface area (TPSA) is 83.1 Å². The second kappa shape index (κ2) is 7.31. The largest absolute Gasteiger partial charge is 0.497 e. The molecule has 0 amide bonds. The quantitative estimate of drug-likeness (QED) is 0.397. The molecule has 6 nitrogen and oxygen atoms in total. The first-order valence-electron chi connectivity index (χ1n) is 6.88. The van der Waals surface area contributed by atoms with Crippen molar-refractivity contribution in [1.82, 2.24) is 0 Å². The van der Waals surface area contributed by atoms with Crippen LogP contribution < -0.4 is 15.2 Å². The molecule has 120 valence electrons. The molecule has 0 aliphatic heterocycles. The molecule has 0 aliphatic carbocycles. The average molecular weight is 314 g/mol. The predicted octanol–water partition coefficient (Wildman–Crippen LogP) is 2.49. The van der Waals surface area contributed by atoms with E-state index in [1.807, 2.05) is 25.1 Å². The van der Waals surface area contributed by atoms with E-state index < -0.39 is 5.97 Å². The first-order valence-corrected chi connectivity index (χ1v) is 6.88. The third kappa shape index (κ3) is 4.23. The number of nitrogens with zero attached hydrogens (tertiary/aromatic N) is 1. The van der Waals surface area contributed by atoms with Crippen molar-refractivity contribution >= 4 is 11.8 Å². The number of hydrogen-bond donors (Lipinski definition) is 1. The maximum atomic E-state index is 12.1. The molecular weight excluding hydrogens is 296 g/mol. The second-order valence-corrected chi connectivity index (χ2v) is 4.83. The van der Waals surface area contributed by atoms with Crippen LogP contribution in [0.2, 0.25) is 0 Å². The Hall–Kier alpha value is -3.02. The molecule has 0 atom stereocenters. The summed E-state index contributed by atoms with van der Waals surface area (Å²) in [5, 5.41) is 3.69. The molecule has 0 aliphatic rings. The fraction of sp³-hybridized carbons (Fsp3) is 0.176. The molecule has 0 saturated heterocycles. The maximum absolute atomic E-state index is 12.1. The van der Waals surface area contributed by atoms with E-state index in [-0.39, 0.29) is 11.4 Å². The lowest BCUT2D eigenvalue weighted by Gasteiger charge is -2.07. The van der Waals surface area contributed by atoms with Gasteiger partial charge in [0.25, 0.3) is 0 Å². The van der Waals surface area contributed by atoms with E-state index in [1.165, 1.54) is 26.4 Å². The molecule has 2 N–H and O–H groups in total. The van der Waals surface area contributed by atoms with Crippen molar-refractivity contribution in [2.24, 2.45) is 10.9 Å². The van der Waals surface area contributed by atoms with Crippen LogP contribution in [0.25, 0.3) is 0 Å². The molecule has 0 heterocycles. The van der Waals surface area contributed by atoms with Crippen LogP contribution in [0.5, 0.6) is 11.5 Å². The van der Waals surface area contributed by atoms with Crippen LogP contribution in [0.15, 0.2) is 47.6 Å².